The fraction of sp³-hybridized carbons (Fsp3) is 0.304. The van der Waals surface area contributed by atoms with Gasteiger partial charge in [0.15, 0.2) is 0 Å². The van der Waals surface area contributed by atoms with Crippen molar-refractivity contribution in [2.24, 2.45) is 12.8 Å². The third-order valence-corrected chi connectivity index (χ3v) is 6.32. The number of aryl methyl sites for hydroxylation is 1. The number of benzene rings is 1. The first-order chi connectivity index (χ1) is 14.3. The Morgan fingerprint density at radius 1 is 1.27 bits per heavy atom. The van der Waals surface area contributed by atoms with E-state index in [1.807, 2.05) is 25.5 Å². The quantitative estimate of drug-likeness (QED) is 0.532. The standard InChI is InChI=1S/C23H24FN5O/c1-23(24)8-3-4-20(23)27-21-17(22(25)30)12-26-29-13-16(11-19(21)29)14-5-6-18-15(10-14)7-9-28(18)2/h5-7,9-13,20,27H,3-4,8H2,1-2H3,(H2,25,30). The lowest BCUT2D eigenvalue weighted by atomic mass is 10.0. The molecule has 0 aliphatic heterocycles. The first kappa shape index (κ1) is 18.7. The van der Waals surface area contributed by atoms with E-state index in [0.29, 0.717) is 24.0 Å². The monoisotopic (exact) mass is 405 g/mol. The van der Waals surface area contributed by atoms with Crippen LogP contribution in [0.2, 0.25) is 0 Å². The predicted molar refractivity (Wildman–Crippen MR) is 116 cm³/mol. The summed E-state index contributed by atoms with van der Waals surface area (Å²) in [5.74, 6) is -0.584. The number of primary amides is 1. The minimum Gasteiger partial charge on any atom is -0.377 e. The summed E-state index contributed by atoms with van der Waals surface area (Å²) in [5.41, 5.74) is 8.96. The highest BCUT2D eigenvalue weighted by Crippen LogP contribution is 2.37. The second kappa shape index (κ2) is 6.58. The summed E-state index contributed by atoms with van der Waals surface area (Å²) in [4.78, 5) is 12.1. The average molecular weight is 405 g/mol. The molecule has 0 radical (unpaired) electrons. The molecule has 1 aliphatic carbocycles. The van der Waals surface area contributed by atoms with E-state index in [1.165, 1.54) is 6.20 Å². The number of halogens is 1. The van der Waals surface area contributed by atoms with Crippen molar-refractivity contribution in [3.63, 3.8) is 0 Å². The van der Waals surface area contributed by atoms with Crippen molar-refractivity contribution < 1.29 is 9.18 Å². The SMILES string of the molecule is Cn1ccc2cc(-c3cc4c(NC5CCCC5(C)F)c(C(N)=O)cnn4c3)ccc21. The molecule has 5 rings (SSSR count). The number of hydrogen-bond donors (Lipinski definition) is 2. The van der Waals surface area contributed by atoms with Gasteiger partial charge in [-0.05, 0) is 56.0 Å². The van der Waals surface area contributed by atoms with Gasteiger partial charge in [0.1, 0.15) is 5.67 Å². The number of nitrogens with two attached hydrogens (primary N) is 1. The fourth-order valence-corrected chi connectivity index (χ4v) is 4.54. The van der Waals surface area contributed by atoms with Crippen LogP contribution < -0.4 is 11.1 Å². The van der Waals surface area contributed by atoms with Gasteiger partial charge in [-0.1, -0.05) is 6.07 Å². The molecule has 1 fully saturated rings. The maximum atomic E-state index is 14.9. The topological polar surface area (TPSA) is 77.3 Å². The van der Waals surface area contributed by atoms with Crippen molar-refractivity contribution in [1.82, 2.24) is 14.2 Å². The Morgan fingerprint density at radius 2 is 2.10 bits per heavy atom. The number of aromatic nitrogens is 3. The number of anilines is 1. The van der Waals surface area contributed by atoms with Gasteiger partial charge in [-0.3, -0.25) is 4.79 Å². The van der Waals surface area contributed by atoms with Gasteiger partial charge < -0.3 is 15.6 Å². The highest BCUT2D eigenvalue weighted by Gasteiger charge is 2.39. The van der Waals surface area contributed by atoms with Gasteiger partial charge in [0.2, 0.25) is 0 Å². The first-order valence-electron chi connectivity index (χ1n) is 10.2. The Balaban J connectivity index is 1.63. The Kier molecular flexibility index (Phi) is 4.10. The third-order valence-electron chi connectivity index (χ3n) is 6.32. The van der Waals surface area contributed by atoms with Crippen LogP contribution >= 0.6 is 0 Å². The molecule has 1 aliphatic rings. The molecule has 3 aromatic heterocycles. The largest absolute Gasteiger partial charge is 0.377 e. The minimum absolute atomic E-state index is 0.272. The lowest BCUT2D eigenvalue weighted by molar-refractivity contribution is 0.1000. The maximum absolute atomic E-state index is 14.9. The smallest absolute Gasteiger partial charge is 0.252 e. The number of fused-ring (bicyclic) bond motifs is 2. The van der Waals surface area contributed by atoms with E-state index in [1.54, 1.807) is 11.4 Å². The van der Waals surface area contributed by atoms with Crippen molar-refractivity contribution in [3.05, 3.63) is 54.5 Å². The molecule has 1 aromatic carbocycles. The molecule has 2 atom stereocenters. The molecule has 1 saturated carbocycles. The number of alkyl halides is 1. The molecule has 0 saturated heterocycles. The first-order valence-corrected chi connectivity index (χ1v) is 10.2. The number of carbonyl (C=O) groups is 1. The molecule has 1 amide bonds. The van der Waals surface area contributed by atoms with Crippen LogP contribution in [-0.4, -0.2) is 31.8 Å². The Hall–Kier alpha value is -3.35. The van der Waals surface area contributed by atoms with Crippen LogP contribution in [0.25, 0.3) is 27.5 Å². The summed E-state index contributed by atoms with van der Waals surface area (Å²) in [6.07, 6.45) is 7.41. The number of amides is 1. The fourth-order valence-electron chi connectivity index (χ4n) is 4.54. The maximum Gasteiger partial charge on any atom is 0.252 e. The summed E-state index contributed by atoms with van der Waals surface area (Å²) in [5, 5.41) is 8.79. The molecule has 3 N–H and O–H groups in total. The average Bonchev–Trinajstić information content (AvgIpc) is 3.39. The Bertz CT molecular complexity index is 1290. The van der Waals surface area contributed by atoms with Gasteiger partial charge in [0.25, 0.3) is 5.91 Å². The van der Waals surface area contributed by atoms with Crippen molar-refractivity contribution in [1.29, 1.82) is 0 Å². The lowest BCUT2D eigenvalue weighted by Crippen LogP contribution is -2.36. The van der Waals surface area contributed by atoms with E-state index < -0.39 is 11.6 Å². The van der Waals surface area contributed by atoms with Crippen LogP contribution in [0.15, 0.2) is 48.9 Å². The van der Waals surface area contributed by atoms with Crippen molar-refractivity contribution in [3.8, 4) is 11.1 Å². The zero-order chi connectivity index (χ0) is 21.0. The highest BCUT2D eigenvalue weighted by molar-refractivity contribution is 6.02. The number of rotatable bonds is 4. The van der Waals surface area contributed by atoms with Crippen LogP contribution in [0.5, 0.6) is 0 Å². The summed E-state index contributed by atoms with van der Waals surface area (Å²) in [6.45, 7) is 1.61. The highest BCUT2D eigenvalue weighted by atomic mass is 19.1. The van der Waals surface area contributed by atoms with E-state index in [0.717, 1.165) is 28.5 Å². The van der Waals surface area contributed by atoms with E-state index >= 15 is 0 Å². The van der Waals surface area contributed by atoms with Crippen molar-refractivity contribution >= 4 is 28.0 Å². The van der Waals surface area contributed by atoms with Gasteiger partial charge in [-0.15, -0.1) is 0 Å². The second-order valence-electron chi connectivity index (χ2n) is 8.42. The van der Waals surface area contributed by atoms with E-state index in [4.69, 9.17) is 5.73 Å². The van der Waals surface area contributed by atoms with Gasteiger partial charge >= 0.3 is 0 Å². The zero-order valence-electron chi connectivity index (χ0n) is 17.0. The predicted octanol–water partition coefficient (Wildman–Crippen LogP) is 4.28. The molecule has 7 heteroatoms. The molecule has 2 unspecified atom stereocenters. The second-order valence-corrected chi connectivity index (χ2v) is 8.42. The molecule has 154 valence electrons. The summed E-state index contributed by atoms with van der Waals surface area (Å²) in [6, 6.07) is 9.95. The Morgan fingerprint density at radius 3 is 2.83 bits per heavy atom. The molecular formula is C23H24FN5O. The molecule has 0 spiro atoms. The van der Waals surface area contributed by atoms with E-state index in [2.05, 4.69) is 39.2 Å². The Labute approximate surface area is 173 Å². The van der Waals surface area contributed by atoms with Crippen LogP contribution in [-0.2, 0) is 7.05 Å². The van der Waals surface area contributed by atoms with Gasteiger partial charge in [0, 0.05) is 35.9 Å². The van der Waals surface area contributed by atoms with Crippen LogP contribution in [0, 0.1) is 0 Å². The van der Waals surface area contributed by atoms with Gasteiger partial charge in [-0.25, -0.2) is 8.91 Å². The van der Waals surface area contributed by atoms with Crippen LogP contribution in [0.3, 0.4) is 0 Å². The summed E-state index contributed by atoms with van der Waals surface area (Å²) >= 11 is 0. The van der Waals surface area contributed by atoms with E-state index in [-0.39, 0.29) is 11.6 Å². The van der Waals surface area contributed by atoms with Crippen molar-refractivity contribution in [2.75, 3.05) is 5.32 Å². The summed E-state index contributed by atoms with van der Waals surface area (Å²) in [7, 11) is 2.02. The minimum atomic E-state index is -1.33. The van der Waals surface area contributed by atoms with Crippen molar-refractivity contribution in [2.45, 2.75) is 37.9 Å². The number of carbonyl (C=O) groups excluding carboxylic acids is 1. The third kappa shape index (κ3) is 2.93. The zero-order valence-corrected chi connectivity index (χ0v) is 17.0. The molecular weight excluding hydrogens is 381 g/mol. The van der Waals surface area contributed by atoms with Crippen LogP contribution in [0.1, 0.15) is 36.5 Å². The molecule has 4 aromatic rings. The molecule has 30 heavy (non-hydrogen) atoms. The molecule has 3 heterocycles. The number of hydrogen-bond acceptors (Lipinski definition) is 3. The van der Waals surface area contributed by atoms with Gasteiger partial charge in [-0.2, -0.15) is 5.10 Å². The van der Waals surface area contributed by atoms with Gasteiger partial charge in [0.05, 0.1) is 29.0 Å². The normalized spacial score (nSPS) is 21.5. The number of nitrogens with one attached hydrogen (secondary N) is 1. The number of nitrogens with zero attached hydrogens (tertiary/aromatic N) is 3. The molecule has 0 bridgehead atoms. The summed E-state index contributed by atoms with van der Waals surface area (Å²) < 4.78 is 18.7. The van der Waals surface area contributed by atoms with Crippen LogP contribution in [0.4, 0.5) is 10.1 Å². The van der Waals surface area contributed by atoms with E-state index in [9.17, 15) is 9.18 Å². The lowest BCUT2D eigenvalue weighted by Gasteiger charge is -2.26. The molecule has 6 nitrogen and oxygen atoms in total.